The molecule has 0 aliphatic heterocycles. The molecule has 4 heteroatoms. The van der Waals surface area contributed by atoms with Gasteiger partial charge in [-0.2, -0.15) is 5.26 Å². The highest BCUT2D eigenvalue weighted by molar-refractivity contribution is 6.32. The van der Waals surface area contributed by atoms with E-state index in [2.05, 4.69) is 0 Å². The van der Waals surface area contributed by atoms with E-state index in [9.17, 15) is 4.79 Å². The van der Waals surface area contributed by atoms with Gasteiger partial charge in [-0.25, -0.2) is 0 Å². The molecule has 0 amide bonds. The van der Waals surface area contributed by atoms with Crippen LogP contribution in [0.1, 0.15) is 23.6 Å². The van der Waals surface area contributed by atoms with E-state index in [1.807, 2.05) is 13.0 Å². The lowest BCUT2D eigenvalue weighted by molar-refractivity contribution is -0.142. The minimum absolute atomic E-state index is 0.105. The molecule has 0 atom stereocenters. The van der Waals surface area contributed by atoms with Crippen LogP contribution in [0.4, 0.5) is 0 Å². The second-order valence-corrected chi connectivity index (χ2v) is 3.69. The minimum atomic E-state index is -0.331. The van der Waals surface area contributed by atoms with E-state index in [-0.39, 0.29) is 12.4 Å². The highest BCUT2D eigenvalue weighted by atomic mass is 35.5. The highest BCUT2D eigenvalue weighted by Crippen LogP contribution is 2.24. The largest absolute Gasteiger partial charge is 0.466 e. The van der Waals surface area contributed by atoms with Gasteiger partial charge in [0, 0.05) is 0 Å². The molecular weight excluding hydrogens is 226 g/mol. The van der Waals surface area contributed by atoms with Crippen molar-refractivity contribution in [2.45, 2.75) is 20.3 Å². The SMILES string of the molecule is CCOC(=O)Cc1c(C)ccc(C#N)c1Cl. The Balaban J connectivity index is 3.04. The summed E-state index contributed by atoms with van der Waals surface area (Å²) in [4.78, 5) is 11.4. The van der Waals surface area contributed by atoms with Crippen molar-refractivity contribution in [1.29, 1.82) is 5.26 Å². The van der Waals surface area contributed by atoms with Crippen LogP contribution >= 0.6 is 11.6 Å². The third-order valence-electron chi connectivity index (χ3n) is 2.22. The zero-order valence-corrected chi connectivity index (χ0v) is 9.97. The highest BCUT2D eigenvalue weighted by Gasteiger charge is 2.13. The van der Waals surface area contributed by atoms with E-state index in [1.54, 1.807) is 19.1 Å². The van der Waals surface area contributed by atoms with Crippen molar-refractivity contribution in [2.24, 2.45) is 0 Å². The van der Waals surface area contributed by atoms with E-state index in [4.69, 9.17) is 21.6 Å². The number of benzene rings is 1. The molecule has 0 heterocycles. The predicted molar refractivity (Wildman–Crippen MR) is 61.2 cm³/mol. The third-order valence-corrected chi connectivity index (χ3v) is 2.66. The predicted octanol–water partition coefficient (Wildman–Crippen LogP) is 2.63. The molecule has 16 heavy (non-hydrogen) atoms. The monoisotopic (exact) mass is 237 g/mol. The summed E-state index contributed by atoms with van der Waals surface area (Å²) in [5.74, 6) is -0.331. The van der Waals surface area contributed by atoms with Crippen molar-refractivity contribution in [3.8, 4) is 6.07 Å². The average Bonchev–Trinajstić information content (AvgIpc) is 2.25. The molecular formula is C12H12ClNO2. The van der Waals surface area contributed by atoms with Gasteiger partial charge in [-0.05, 0) is 31.0 Å². The molecule has 0 aromatic heterocycles. The van der Waals surface area contributed by atoms with Crippen LogP contribution in [0.15, 0.2) is 12.1 Å². The number of hydrogen-bond acceptors (Lipinski definition) is 3. The average molecular weight is 238 g/mol. The Kier molecular flexibility index (Phi) is 4.33. The van der Waals surface area contributed by atoms with Crippen LogP contribution in [0, 0.1) is 18.3 Å². The second-order valence-electron chi connectivity index (χ2n) is 3.32. The number of rotatable bonds is 3. The topological polar surface area (TPSA) is 50.1 Å². The van der Waals surface area contributed by atoms with Gasteiger partial charge >= 0.3 is 5.97 Å². The Bertz CT molecular complexity index is 449. The summed E-state index contributed by atoms with van der Waals surface area (Å²) >= 11 is 6.03. The number of nitriles is 1. The Hall–Kier alpha value is -1.53. The normalized spacial score (nSPS) is 9.62. The molecule has 0 unspecified atom stereocenters. The Morgan fingerprint density at radius 2 is 2.25 bits per heavy atom. The fourth-order valence-electron chi connectivity index (χ4n) is 1.38. The smallest absolute Gasteiger partial charge is 0.310 e. The molecule has 0 saturated heterocycles. The Morgan fingerprint density at radius 1 is 1.56 bits per heavy atom. The number of esters is 1. The minimum Gasteiger partial charge on any atom is -0.466 e. The molecule has 3 nitrogen and oxygen atoms in total. The van der Waals surface area contributed by atoms with E-state index < -0.39 is 0 Å². The number of halogens is 1. The summed E-state index contributed by atoms with van der Waals surface area (Å²) < 4.78 is 4.85. The Morgan fingerprint density at radius 3 is 2.81 bits per heavy atom. The number of hydrogen-bond donors (Lipinski definition) is 0. The number of carbonyl (C=O) groups is 1. The number of carbonyl (C=O) groups excluding carboxylic acids is 1. The maximum Gasteiger partial charge on any atom is 0.310 e. The molecule has 0 aliphatic rings. The molecule has 0 N–H and O–H groups in total. The molecule has 1 rings (SSSR count). The fraction of sp³-hybridized carbons (Fsp3) is 0.333. The first kappa shape index (κ1) is 12.5. The van der Waals surface area contributed by atoms with Crippen molar-refractivity contribution < 1.29 is 9.53 Å². The molecule has 0 saturated carbocycles. The molecule has 0 aliphatic carbocycles. The van der Waals surface area contributed by atoms with Crippen LogP contribution in [-0.2, 0) is 16.0 Å². The zero-order valence-electron chi connectivity index (χ0n) is 9.21. The van der Waals surface area contributed by atoms with Gasteiger partial charge in [0.2, 0.25) is 0 Å². The summed E-state index contributed by atoms with van der Waals surface area (Å²) in [5.41, 5.74) is 1.93. The maximum atomic E-state index is 11.4. The fourth-order valence-corrected chi connectivity index (χ4v) is 1.70. The van der Waals surface area contributed by atoms with Crippen LogP contribution in [0.5, 0.6) is 0 Å². The first-order valence-electron chi connectivity index (χ1n) is 4.93. The van der Waals surface area contributed by atoms with Crippen LogP contribution in [0.25, 0.3) is 0 Å². The van der Waals surface area contributed by atoms with Crippen LogP contribution in [0.3, 0.4) is 0 Å². The van der Waals surface area contributed by atoms with Gasteiger partial charge in [-0.15, -0.1) is 0 Å². The lowest BCUT2D eigenvalue weighted by Crippen LogP contribution is -2.09. The van der Waals surface area contributed by atoms with Gasteiger partial charge in [0.05, 0.1) is 23.6 Å². The van der Waals surface area contributed by atoms with E-state index >= 15 is 0 Å². The van der Waals surface area contributed by atoms with Gasteiger partial charge in [-0.1, -0.05) is 17.7 Å². The van der Waals surface area contributed by atoms with Gasteiger partial charge in [-0.3, -0.25) is 4.79 Å². The van der Waals surface area contributed by atoms with Crippen molar-refractivity contribution in [3.05, 3.63) is 33.8 Å². The van der Waals surface area contributed by atoms with Crippen molar-refractivity contribution in [2.75, 3.05) is 6.61 Å². The zero-order chi connectivity index (χ0) is 12.1. The Labute approximate surface area is 99.6 Å². The van der Waals surface area contributed by atoms with E-state index in [0.717, 1.165) is 5.56 Å². The number of nitrogens with zero attached hydrogens (tertiary/aromatic N) is 1. The first-order chi connectivity index (χ1) is 7.60. The van der Waals surface area contributed by atoms with Crippen molar-refractivity contribution in [1.82, 2.24) is 0 Å². The van der Waals surface area contributed by atoms with E-state index in [0.29, 0.717) is 22.8 Å². The van der Waals surface area contributed by atoms with Crippen LogP contribution in [-0.4, -0.2) is 12.6 Å². The number of aryl methyl sites for hydroxylation is 1. The molecule has 1 aromatic rings. The summed E-state index contributed by atoms with van der Waals surface area (Å²) in [6, 6.07) is 5.41. The lowest BCUT2D eigenvalue weighted by atomic mass is 10.0. The molecule has 1 aromatic carbocycles. The van der Waals surface area contributed by atoms with Gasteiger partial charge < -0.3 is 4.74 Å². The molecule has 0 spiro atoms. The molecule has 0 bridgehead atoms. The molecule has 0 radical (unpaired) electrons. The summed E-state index contributed by atoms with van der Waals surface area (Å²) in [5, 5.41) is 9.16. The lowest BCUT2D eigenvalue weighted by Gasteiger charge is -2.08. The van der Waals surface area contributed by atoms with Crippen LogP contribution in [0.2, 0.25) is 5.02 Å². The van der Waals surface area contributed by atoms with Crippen molar-refractivity contribution >= 4 is 17.6 Å². The summed E-state index contributed by atoms with van der Waals surface area (Å²) in [7, 11) is 0. The maximum absolute atomic E-state index is 11.4. The molecule has 0 fully saturated rings. The molecule has 84 valence electrons. The van der Waals surface area contributed by atoms with Crippen LogP contribution < -0.4 is 0 Å². The second kappa shape index (κ2) is 5.53. The standard InChI is InChI=1S/C12H12ClNO2/c1-3-16-11(15)6-10-8(2)4-5-9(7-14)12(10)13/h4-5H,3,6H2,1-2H3. The van der Waals surface area contributed by atoms with Gasteiger partial charge in [0.1, 0.15) is 6.07 Å². The first-order valence-corrected chi connectivity index (χ1v) is 5.31. The van der Waals surface area contributed by atoms with E-state index in [1.165, 1.54) is 0 Å². The van der Waals surface area contributed by atoms with Gasteiger partial charge in [0.15, 0.2) is 0 Å². The third kappa shape index (κ3) is 2.74. The quantitative estimate of drug-likeness (QED) is 0.760. The van der Waals surface area contributed by atoms with Gasteiger partial charge in [0.25, 0.3) is 0 Å². The van der Waals surface area contributed by atoms with Crippen molar-refractivity contribution in [3.63, 3.8) is 0 Å². The summed E-state index contributed by atoms with van der Waals surface area (Å²) in [6.45, 7) is 3.94. The summed E-state index contributed by atoms with van der Waals surface area (Å²) in [6.07, 6.45) is 0.105. The number of ether oxygens (including phenoxy) is 1.